The van der Waals surface area contributed by atoms with Gasteiger partial charge in [0, 0.05) is 49.2 Å². The molecule has 2 aromatic heterocycles. The zero-order chi connectivity index (χ0) is 29.4. The Hall–Kier alpha value is -2.79. The van der Waals surface area contributed by atoms with Crippen LogP contribution in [-0.4, -0.2) is 59.5 Å². The monoisotopic (exact) mass is 637 g/mol. The molecule has 2 fully saturated rings. The lowest BCUT2D eigenvalue weighted by Gasteiger charge is -2.25. The molecule has 2 amide bonds. The number of carbonyl (C=O) groups is 2. The standard InChI is InChI=1S/C28H34BrClFN5O4/c1-26(2,3)39-24(37)33-17-11-28(17)8-9-36(13-28)22-14(29)12-32-23-19(22)18-20(30)15(31)10-16(21(18)34-23)35(7)25(38)40-27(4,5)6/h10,12,17H,8-9,11,13H2,1-7H3,(H,32,34)(H,33,37)/t17-,28-/m0/s1. The van der Waals surface area contributed by atoms with Crippen molar-refractivity contribution < 1.29 is 23.5 Å². The Labute approximate surface area is 245 Å². The minimum atomic E-state index is -0.722. The zero-order valence-corrected chi connectivity index (χ0v) is 26.0. The molecular formula is C28H34BrClFN5O4. The third-order valence-corrected chi connectivity index (χ3v) is 8.26. The van der Waals surface area contributed by atoms with Crippen LogP contribution >= 0.6 is 27.5 Å². The van der Waals surface area contributed by atoms with Gasteiger partial charge in [0.1, 0.15) is 22.7 Å². The molecule has 0 bridgehead atoms. The lowest BCUT2D eigenvalue weighted by atomic mass is 10.1. The maximum Gasteiger partial charge on any atom is 0.414 e. The molecule has 1 saturated heterocycles. The number of rotatable bonds is 3. The van der Waals surface area contributed by atoms with Crippen LogP contribution < -0.4 is 15.1 Å². The van der Waals surface area contributed by atoms with Crippen molar-refractivity contribution in [3.05, 3.63) is 27.6 Å². The minimum Gasteiger partial charge on any atom is -0.444 e. The van der Waals surface area contributed by atoms with Gasteiger partial charge in [0.15, 0.2) is 0 Å². The first-order valence-electron chi connectivity index (χ1n) is 13.2. The molecule has 12 heteroatoms. The van der Waals surface area contributed by atoms with E-state index in [4.69, 9.17) is 21.1 Å². The Kier molecular flexibility index (Phi) is 6.93. The van der Waals surface area contributed by atoms with Crippen molar-refractivity contribution in [2.45, 2.75) is 71.6 Å². The molecule has 0 unspecified atom stereocenters. The van der Waals surface area contributed by atoms with Crippen molar-refractivity contribution in [3.8, 4) is 0 Å². The summed E-state index contributed by atoms with van der Waals surface area (Å²) >= 11 is 10.3. The van der Waals surface area contributed by atoms with Crippen LogP contribution in [0.25, 0.3) is 21.9 Å². The molecule has 40 heavy (non-hydrogen) atoms. The number of pyridine rings is 1. The summed E-state index contributed by atoms with van der Waals surface area (Å²) in [5.74, 6) is -0.659. The van der Waals surface area contributed by atoms with Crippen molar-refractivity contribution in [3.63, 3.8) is 0 Å². The molecule has 3 aromatic rings. The average molecular weight is 639 g/mol. The number of fused-ring (bicyclic) bond motifs is 3. The number of aromatic nitrogens is 2. The molecule has 2 aliphatic rings. The molecule has 5 rings (SSSR count). The predicted octanol–water partition coefficient (Wildman–Crippen LogP) is 7.14. The van der Waals surface area contributed by atoms with Gasteiger partial charge in [-0.05, 0) is 70.3 Å². The van der Waals surface area contributed by atoms with E-state index >= 15 is 4.39 Å². The second-order valence-electron chi connectivity index (χ2n) is 12.7. The molecule has 1 aliphatic carbocycles. The molecule has 1 spiro atoms. The fourth-order valence-corrected chi connectivity index (χ4v) is 6.24. The lowest BCUT2D eigenvalue weighted by Crippen LogP contribution is -2.36. The maximum atomic E-state index is 15.3. The van der Waals surface area contributed by atoms with Crippen LogP contribution in [0.3, 0.4) is 0 Å². The Bertz CT molecular complexity index is 1530. The van der Waals surface area contributed by atoms with E-state index in [0.717, 1.165) is 29.5 Å². The highest BCUT2D eigenvalue weighted by Gasteiger charge is 2.58. The van der Waals surface area contributed by atoms with Gasteiger partial charge in [0.2, 0.25) is 0 Å². The summed E-state index contributed by atoms with van der Waals surface area (Å²) in [5.41, 5.74) is 0.741. The Balaban J connectivity index is 1.52. The molecule has 3 heterocycles. The Morgan fingerprint density at radius 3 is 2.55 bits per heavy atom. The summed E-state index contributed by atoms with van der Waals surface area (Å²) in [6.45, 7) is 12.2. The fraction of sp³-hybridized carbons (Fsp3) is 0.536. The SMILES string of the molecule is CN(C(=O)OC(C)(C)C)c1cc(F)c(Cl)c2c1[nH]c1ncc(Br)c(N3CC[C@]4(C[C@@H]4NC(=O)OC(C)(C)C)C3)c12. The van der Waals surface area contributed by atoms with Crippen molar-refractivity contribution >= 4 is 73.0 Å². The maximum absolute atomic E-state index is 15.3. The van der Waals surface area contributed by atoms with E-state index in [9.17, 15) is 9.59 Å². The largest absolute Gasteiger partial charge is 0.444 e. The first-order chi connectivity index (χ1) is 18.5. The number of hydrogen-bond donors (Lipinski definition) is 2. The smallest absolute Gasteiger partial charge is 0.414 e. The molecule has 0 radical (unpaired) electrons. The second kappa shape index (κ2) is 9.65. The molecule has 1 aliphatic heterocycles. The third kappa shape index (κ3) is 5.30. The number of nitrogens with one attached hydrogen (secondary N) is 2. The molecule has 2 N–H and O–H groups in total. The van der Waals surface area contributed by atoms with Gasteiger partial charge in [0.05, 0.1) is 31.8 Å². The number of nitrogens with zero attached hydrogens (tertiary/aromatic N) is 3. The average Bonchev–Trinajstić information content (AvgIpc) is 3.13. The van der Waals surface area contributed by atoms with Crippen LogP contribution in [-0.2, 0) is 9.47 Å². The highest BCUT2D eigenvalue weighted by Crippen LogP contribution is 2.55. The van der Waals surface area contributed by atoms with E-state index in [1.165, 1.54) is 18.0 Å². The molecular weight excluding hydrogens is 605 g/mol. The van der Waals surface area contributed by atoms with Gasteiger partial charge < -0.3 is 24.7 Å². The first kappa shape index (κ1) is 28.7. The van der Waals surface area contributed by atoms with Crippen LogP contribution in [0.5, 0.6) is 0 Å². The fourth-order valence-electron chi connectivity index (χ4n) is 5.44. The number of anilines is 2. The van der Waals surface area contributed by atoms with Crippen LogP contribution in [0.1, 0.15) is 54.4 Å². The van der Waals surface area contributed by atoms with Gasteiger partial charge in [-0.2, -0.15) is 0 Å². The van der Waals surface area contributed by atoms with Crippen molar-refractivity contribution in [1.82, 2.24) is 15.3 Å². The van der Waals surface area contributed by atoms with Gasteiger partial charge in [-0.3, -0.25) is 4.90 Å². The topological polar surface area (TPSA) is 99.8 Å². The molecule has 2 atom stereocenters. The Morgan fingerprint density at radius 1 is 1.23 bits per heavy atom. The number of benzene rings is 1. The van der Waals surface area contributed by atoms with Crippen molar-refractivity contribution in [2.75, 3.05) is 29.9 Å². The molecule has 9 nitrogen and oxygen atoms in total. The summed E-state index contributed by atoms with van der Waals surface area (Å²) in [6, 6.07) is 1.24. The highest BCUT2D eigenvalue weighted by atomic mass is 79.9. The minimum absolute atomic E-state index is 0.0153. The normalized spacial score (nSPS) is 20.9. The van der Waals surface area contributed by atoms with E-state index in [-0.39, 0.29) is 22.2 Å². The summed E-state index contributed by atoms with van der Waals surface area (Å²) < 4.78 is 27.0. The molecule has 1 aromatic carbocycles. The van der Waals surface area contributed by atoms with Crippen molar-refractivity contribution in [2.24, 2.45) is 5.41 Å². The summed E-state index contributed by atoms with van der Waals surface area (Å²) in [5, 5.41) is 4.05. The number of halogens is 3. The van der Waals surface area contributed by atoms with E-state index < -0.39 is 29.2 Å². The van der Waals surface area contributed by atoms with E-state index in [2.05, 4.69) is 36.1 Å². The number of amides is 2. The molecule has 1 saturated carbocycles. The number of alkyl carbamates (subject to hydrolysis) is 1. The van der Waals surface area contributed by atoms with Gasteiger partial charge in [-0.1, -0.05) is 11.6 Å². The van der Waals surface area contributed by atoms with Crippen LogP contribution in [0, 0.1) is 11.2 Å². The second-order valence-corrected chi connectivity index (χ2v) is 14.0. The zero-order valence-electron chi connectivity index (χ0n) is 23.7. The highest BCUT2D eigenvalue weighted by molar-refractivity contribution is 9.10. The van der Waals surface area contributed by atoms with E-state index in [1.807, 2.05) is 20.8 Å². The molecule has 216 valence electrons. The van der Waals surface area contributed by atoms with Gasteiger partial charge in [0.25, 0.3) is 0 Å². The van der Waals surface area contributed by atoms with Crippen LogP contribution in [0.15, 0.2) is 16.7 Å². The summed E-state index contributed by atoms with van der Waals surface area (Å²) in [4.78, 5) is 36.5. The number of H-pyrrole nitrogens is 1. The van der Waals surface area contributed by atoms with E-state index in [0.29, 0.717) is 28.5 Å². The van der Waals surface area contributed by atoms with Gasteiger partial charge in [-0.25, -0.2) is 19.0 Å². The first-order valence-corrected chi connectivity index (χ1v) is 14.4. The number of aromatic amines is 1. The number of carbonyl (C=O) groups excluding carboxylic acids is 2. The third-order valence-electron chi connectivity index (χ3n) is 7.31. The predicted molar refractivity (Wildman–Crippen MR) is 158 cm³/mol. The van der Waals surface area contributed by atoms with Gasteiger partial charge >= 0.3 is 12.2 Å². The number of hydrogen-bond acceptors (Lipinski definition) is 6. The number of ether oxygens (including phenoxy) is 2. The van der Waals surface area contributed by atoms with Crippen molar-refractivity contribution in [1.29, 1.82) is 0 Å². The quantitative estimate of drug-likeness (QED) is 0.317. The van der Waals surface area contributed by atoms with E-state index in [1.54, 1.807) is 27.0 Å². The Morgan fingerprint density at radius 2 is 1.90 bits per heavy atom. The summed E-state index contributed by atoms with van der Waals surface area (Å²) in [7, 11) is 1.53. The van der Waals surface area contributed by atoms with Gasteiger partial charge in [-0.15, -0.1) is 0 Å². The lowest BCUT2D eigenvalue weighted by molar-refractivity contribution is 0.0515. The van der Waals surface area contributed by atoms with Crippen LogP contribution in [0.2, 0.25) is 5.02 Å². The van der Waals surface area contributed by atoms with Crippen LogP contribution in [0.4, 0.5) is 25.4 Å². The summed E-state index contributed by atoms with van der Waals surface area (Å²) in [6.07, 6.45) is 2.38.